The number of hydrogen-bond donors (Lipinski definition) is 1. The van der Waals surface area contributed by atoms with Gasteiger partial charge in [-0.05, 0) is 41.8 Å². The van der Waals surface area contributed by atoms with Crippen molar-refractivity contribution in [2.24, 2.45) is 0 Å². The van der Waals surface area contributed by atoms with Crippen LogP contribution in [0.15, 0.2) is 42.5 Å². The Labute approximate surface area is 130 Å². The van der Waals surface area contributed by atoms with Crippen molar-refractivity contribution < 1.29 is 0 Å². The largest absolute Gasteiger partial charge is 0.306 e. The second-order valence-corrected chi connectivity index (χ2v) is 5.60. The molecule has 0 saturated heterocycles. The normalized spacial score (nSPS) is 12.4. The SMILES string of the molecule is CCNC(c1ccc(CC)cc1)c1ccc(Cl)cc1Cl. The van der Waals surface area contributed by atoms with Crippen molar-refractivity contribution in [1.29, 1.82) is 0 Å². The molecule has 0 aliphatic heterocycles. The zero-order valence-corrected chi connectivity index (χ0v) is 13.3. The van der Waals surface area contributed by atoms with Gasteiger partial charge in [0.25, 0.3) is 0 Å². The number of benzene rings is 2. The smallest absolute Gasteiger partial charge is 0.0591 e. The lowest BCUT2D eigenvalue weighted by atomic mass is 9.97. The average Bonchev–Trinajstić information content (AvgIpc) is 2.46. The van der Waals surface area contributed by atoms with E-state index in [-0.39, 0.29) is 6.04 Å². The molecule has 0 aromatic heterocycles. The Hall–Kier alpha value is -1.02. The highest BCUT2D eigenvalue weighted by molar-refractivity contribution is 6.35. The van der Waals surface area contributed by atoms with Gasteiger partial charge in [0.2, 0.25) is 0 Å². The molecule has 0 spiro atoms. The Balaban J connectivity index is 2.38. The third-order valence-electron chi connectivity index (χ3n) is 3.40. The maximum absolute atomic E-state index is 6.34. The summed E-state index contributed by atoms with van der Waals surface area (Å²) in [7, 11) is 0. The fourth-order valence-electron chi connectivity index (χ4n) is 2.29. The van der Waals surface area contributed by atoms with Crippen LogP contribution in [0, 0.1) is 0 Å². The minimum absolute atomic E-state index is 0.0932. The molecule has 0 aliphatic rings. The fourth-order valence-corrected chi connectivity index (χ4v) is 2.81. The van der Waals surface area contributed by atoms with Crippen molar-refractivity contribution >= 4 is 23.2 Å². The molecule has 0 bridgehead atoms. The molecule has 106 valence electrons. The van der Waals surface area contributed by atoms with Crippen molar-refractivity contribution in [2.75, 3.05) is 6.54 Å². The van der Waals surface area contributed by atoms with Crippen LogP contribution in [0.5, 0.6) is 0 Å². The highest BCUT2D eigenvalue weighted by Gasteiger charge is 2.16. The summed E-state index contributed by atoms with van der Waals surface area (Å²) < 4.78 is 0. The van der Waals surface area contributed by atoms with Crippen molar-refractivity contribution in [2.45, 2.75) is 26.3 Å². The summed E-state index contributed by atoms with van der Waals surface area (Å²) in [5, 5.41) is 4.85. The lowest BCUT2D eigenvalue weighted by Crippen LogP contribution is -2.22. The van der Waals surface area contributed by atoms with Gasteiger partial charge in [-0.15, -0.1) is 0 Å². The summed E-state index contributed by atoms with van der Waals surface area (Å²) >= 11 is 12.3. The van der Waals surface area contributed by atoms with Crippen molar-refractivity contribution in [3.05, 3.63) is 69.2 Å². The molecule has 2 aromatic rings. The first-order valence-electron chi connectivity index (χ1n) is 6.92. The number of nitrogens with one attached hydrogen (secondary N) is 1. The highest BCUT2D eigenvalue weighted by atomic mass is 35.5. The van der Waals surface area contributed by atoms with E-state index >= 15 is 0 Å². The summed E-state index contributed by atoms with van der Waals surface area (Å²) in [5.74, 6) is 0. The van der Waals surface area contributed by atoms with E-state index in [2.05, 4.69) is 43.4 Å². The first kappa shape index (κ1) is 15.4. The molecular formula is C17H19Cl2N. The molecule has 20 heavy (non-hydrogen) atoms. The predicted octanol–water partition coefficient (Wildman–Crippen LogP) is 5.25. The minimum Gasteiger partial charge on any atom is -0.306 e. The van der Waals surface area contributed by atoms with E-state index in [0.29, 0.717) is 10.0 Å². The summed E-state index contributed by atoms with van der Waals surface area (Å²) in [4.78, 5) is 0. The molecule has 2 rings (SSSR count). The van der Waals surface area contributed by atoms with Gasteiger partial charge in [-0.25, -0.2) is 0 Å². The van der Waals surface area contributed by atoms with E-state index in [4.69, 9.17) is 23.2 Å². The molecular weight excluding hydrogens is 289 g/mol. The van der Waals surface area contributed by atoms with E-state index < -0.39 is 0 Å². The zero-order chi connectivity index (χ0) is 14.5. The quantitative estimate of drug-likeness (QED) is 0.795. The molecule has 0 aliphatic carbocycles. The van der Waals surface area contributed by atoms with Crippen molar-refractivity contribution in [1.82, 2.24) is 5.32 Å². The molecule has 0 heterocycles. The molecule has 3 heteroatoms. The van der Waals surface area contributed by atoms with E-state index in [9.17, 15) is 0 Å². The molecule has 1 unspecified atom stereocenters. The lowest BCUT2D eigenvalue weighted by molar-refractivity contribution is 0.630. The number of hydrogen-bond acceptors (Lipinski definition) is 1. The first-order chi connectivity index (χ1) is 9.65. The summed E-state index contributed by atoms with van der Waals surface area (Å²) in [6, 6.07) is 14.4. The lowest BCUT2D eigenvalue weighted by Gasteiger charge is -2.20. The molecule has 0 amide bonds. The Morgan fingerprint density at radius 2 is 1.70 bits per heavy atom. The van der Waals surface area contributed by atoms with E-state index in [1.54, 1.807) is 6.07 Å². The third kappa shape index (κ3) is 3.54. The minimum atomic E-state index is 0.0932. The standard InChI is InChI=1S/C17H19Cl2N/c1-3-12-5-7-13(8-6-12)17(20-4-2)15-10-9-14(18)11-16(15)19/h5-11,17,20H,3-4H2,1-2H3. The van der Waals surface area contributed by atoms with Gasteiger partial charge >= 0.3 is 0 Å². The topological polar surface area (TPSA) is 12.0 Å². The van der Waals surface area contributed by atoms with E-state index in [1.807, 2.05) is 12.1 Å². The van der Waals surface area contributed by atoms with Crippen LogP contribution in [0.4, 0.5) is 0 Å². The Morgan fingerprint density at radius 1 is 1.00 bits per heavy atom. The van der Waals surface area contributed by atoms with Gasteiger partial charge in [0.1, 0.15) is 0 Å². The van der Waals surface area contributed by atoms with Crippen molar-refractivity contribution in [3.8, 4) is 0 Å². The van der Waals surface area contributed by atoms with Crippen LogP contribution in [0.1, 0.15) is 36.6 Å². The Bertz CT molecular complexity index is 564. The first-order valence-corrected chi connectivity index (χ1v) is 7.68. The third-order valence-corrected chi connectivity index (χ3v) is 3.97. The molecule has 2 aromatic carbocycles. The Morgan fingerprint density at radius 3 is 2.25 bits per heavy atom. The van der Waals surface area contributed by atoms with Gasteiger partial charge in [-0.1, -0.05) is 67.4 Å². The Kier molecular flexibility index (Phi) is 5.47. The second kappa shape index (κ2) is 7.12. The van der Waals surface area contributed by atoms with Gasteiger partial charge in [-0.2, -0.15) is 0 Å². The molecule has 1 nitrogen and oxygen atoms in total. The summed E-state index contributed by atoms with van der Waals surface area (Å²) in [6.07, 6.45) is 1.05. The van der Waals surface area contributed by atoms with Crippen LogP contribution >= 0.6 is 23.2 Å². The fraction of sp³-hybridized carbons (Fsp3) is 0.294. The molecule has 1 N–H and O–H groups in total. The molecule has 0 radical (unpaired) electrons. The van der Waals surface area contributed by atoms with Crippen LogP contribution < -0.4 is 5.32 Å². The van der Waals surface area contributed by atoms with Crippen molar-refractivity contribution in [3.63, 3.8) is 0 Å². The van der Waals surface area contributed by atoms with Crippen LogP contribution in [0.2, 0.25) is 10.0 Å². The monoisotopic (exact) mass is 307 g/mol. The zero-order valence-electron chi connectivity index (χ0n) is 11.8. The highest BCUT2D eigenvalue weighted by Crippen LogP contribution is 2.30. The van der Waals surface area contributed by atoms with Gasteiger partial charge < -0.3 is 5.32 Å². The summed E-state index contributed by atoms with van der Waals surface area (Å²) in [6.45, 7) is 5.13. The van der Waals surface area contributed by atoms with Gasteiger partial charge in [0, 0.05) is 10.0 Å². The van der Waals surface area contributed by atoms with E-state index in [0.717, 1.165) is 18.5 Å². The van der Waals surface area contributed by atoms with Crippen LogP contribution in [-0.4, -0.2) is 6.54 Å². The second-order valence-electron chi connectivity index (χ2n) is 4.75. The predicted molar refractivity (Wildman–Crippen MR) is 87.8 cm³/mol. The van der Waals surface area contributed by atoms with Crippen LogP contribution in [-0.2, 0) is 6.42 Å². The van der Waals surface area contributed by atoms with Crippen LogP contribution in [0.3, 0.4) is 0 Å². The molecule has 1 atom stereocenters. The van der Waals surface area contributed by atoms with Gasteiger partial charge in [0.05, 0.1) is 6.04 Å². The van der Waals surface area contributed by atoms with Gasteiger partial charge in [0.15, 0.2) is 0 Å². The summed E-state index contributed by atoms with van der Waals surface area (Å²) in [5.41, 5.74) is 3.61. The molecule has 0 fully saturated rings. The average molecular weight is 308 g/mol. The van der Waals surface area contributed by atoms with Crippen LogP contribution in [0.25, 0.3) is 0 Å². The maximum atomic E-state index is 6.34. The van der Waals surface area contributed by atoms with E-state index in [1.165, 1.54) is 11.1 Å². The van der Waals surface area contributed by atoms with Gasteiger partial charge in [-0.3, -0.25) is 0 Å². The molecule has 0 saturated carbocycles. The number of rotatable bonds is 5. The number of aryl methyl sites for hydroxylation is 1. The maximum Gasteiger partial charge on any atom is 0.0591 e. The number of halogens is 2.